The van der Waals surface area contributed by atoms with Crippen LogP contribution in [0.15, 0.2) is 72.8 Å². The fraction of sp³-hybridized carbons (Fsp3) is 0.250. The number of aryl methyl sites for hydroxylation is 1. The summed E-state index contributed by atoms with van der Waals surface area (Å²) in [7, 11) is 0. The van der Waals surface area contributed by atoms with Gasteiger partial charge in [-0.2, -0.15) is 0 Å². The molecule has 0 N–H and O–H groups in total. The lowest BCUT2D eigenvalue weighted by Gasteiger charge is -2.31. The number of halogens is 2. The van der Waals surface area contributed by atoms with E-state index in [4.69, 9.17) is 11.6 Å². The van der Waals surface area contributed by atoms with Gasteiger partial charge < -0.3 is 0 Å². The third-order valence-electron chi connectivity index (χ3n) is 5.35. The third-order valence-corrected chi connectivity index (χ3v) is 5.59. The van der Waals surface area contributed by atoms with E-state index in [2.05, 4.69) is 47.1 Å². The number of hydrogen-bond donors (Lipinski definition) is 0. The molecule has 3 aromatic rings. The molecule has 0 spiro atoms. The van der Waals surface area contributed by atoms with Crippen molar-refractivity contribution in [3.63, 3.8) is 0 Å². The Bertz CT molecular complexity index is 941. The van der Waals surface area contributed by atoms with E-state index in [1.807, 2.05) is 30.3 Å². The summed E-state index contributed by atoms with van der Waals surface area (Å²) in [5, 5.41) is 0.727. The first-order valence-electron chi connectivity index (χ1n) is 9.63. The molecule has 2 nitrogen and oxygen atoms in total. The molecule has 1 aliphatic rings. The Morgan fingerprint density at radius 2 is 1.61 bits per heavy atom. The molecule has 1 unspecified atom stereocenters. The average molecular weight is 395 g/mol. The smallest absolute Gasteiger partial charge is 0.127 e. The maximum atomic E-state index is 14.3. The molecule has 0 amide bonds. The summed E-state index contributed by atoms with van der Waals surface area (Å²) >= 11 is 6.28. The van der Waals surface area contributed by atoms with Gasteiger partial charge in [-0.05, 0) is 36.2 Å². The van der Waals surface area contributed by atoms with Crippen molar-refractivity contribution in [3.05, 3.63) is 106 Å². The maximum absolute atomic E-state index is 14.3. The summed E-state index contributed by atoms with van der Waals surface area (Å²) < 4.78 is 14.3. The van der Waals surface area contributed by atoms with Gasteiger partial charge in [0, 0.05) is 36.8 Å². The molecular weight excluding hydrogens is 371 g/mol. The van der Waals surface area contributed by atoms with E-state index in [-0.39, 0.29) is 12.0 Å². The number of hydrogen-bond acceptors (Lipinski definition) is 2. The summed E-state index contributed by atoms with van der Waals surface area (Å²) in [5.74, 6) is -0.149. The first-order chi connectivity index (χ1) is 13.6. The molecule has 144 valence electrons. The first kappa shape index (κ1) is 19.1. The topological polar surface area (TPSA) is 6.48 Å². The Labute approximate surface area is 171 Å². The number of benzene rings is 3. The minimum Gasteiger partial charge on any atom is -0.279 e. The van der Waals surface area contributed by atoms with Crippen LogP contribution in [0, 0.1) is 12.7 Å². The van der Waals surface area contributed by atoms with E-state index < -0.39 is 0 Å². The van der Waals surface area contributed by atoms with E-state index in [1.165, 1.54) is 17.2 Å². The molecule has 3 aromatic carbocycles. The molecule has 0 aliphatic carbocycles. The standard InChI is InChI=1S/C24H24ClFN2/c1-18-9-11-19(12-10-18)16-27-13-14-28(17-21-5-2-3-8-23(21)26)24(27)20-6-4-7-22(25)15-20/h2-12,15,24H,13-14,16-17H2,1H3. The van der Waals surface area contributed by atoms with Gasteiger partial charge in [0.1, 0.15) is 5.82 Å². The SMILES string of the molecule is Cc1ccc(CN2CCN(Cc3ccccc3F)C2c2cccc(Cl)c2)cc1. The zero-order chi connectivity index (χ0) is 19.5. The maximum Gasteiger partial charge on any atom is 0.127 e. The van der Waals surface area contributed by atoms with Gasteiger partial charge in [-0.25, -0.2) is 4.39 Å². The quantitative estimate of drug-likeness (QED) is 0.539. The summed E-state index contributed by atoms with van der Waals surface area (Å²) in [5.41, 5.74) is 4.42. The molecule has 28 heavy (non-hydrogen) atoms. The lowest BCUT2D eigenvalue weighted by atomic mass is 10.1. The van der Waals surface area contributed by atoms with Gasteiger partial charge in [0.05, 0.1) is 6.17 Å². The molecule has 1 fully saturated rings. The van der Waals surface area contributed by atoms with Crippen LogP contribution in [0.1, 0.15) is 28.4 Å². The highest BCUT2D eigenvalue weighted by molar-refractivity contribution is 6.30. The van der Waals surface area contributed by atoms with Crippen LogP contribution < -0.4 is 0 Å². The normalized spacial score (nSPS) is 17.9. The van der Waals surface area contributed by atoms with Crippen molar-refractivity contribution >= 4 is 11.6 Å². The minimum atomic E-state index is -0.149. The lowest BCUT2D eigenvalue weighted by Crippen LogP contribution is -2.30. The van der Waals surface area contributed by atoms with Crippen molar-refractivity contribution in [1.82, 2.24) is 9.80 Å². The zero-order valence-corrected chi connectivity index (χ0v) is 16.7. The summed E-state index contributed by atoms with van der Waals surface area (Å²) in [6.07, 6.45) is 0.0691. The van der Waals surface area contributed by atoms with Crippen LogP contribution in [-0.4, -0.2) is 22.9 Å². The Kier molecular flexibility index (Phi) is 5.77. The molecule has 0 radical (unpaired) electrons. The van der Waals surface area contributed by atoms with Crippen LogP contribution in [0.2, 0.25) is 5.02 Å². The van der Waals surface area contributed by atoms with Gasteiger partial charge >= 0.3 is 0 Å². The van der Waals surface area contributed by atoms with Crippen molar-refractivity contribution in [3.8, 4) is 0 Å². The van der Waals surface area contributed by atoms with Gasteiger partial charge in [-0.1, -0.05) is 71.8 Å². The van der Waals surface area contributed by atoms with E-state index in [1.54, 1.807) is 6.07 Å². The molecule has 1 atom stereocenters. The molecule has 1 saturated heterocycles. The Morgan fingerprint density at radius 1 is 0.893 bits per heavy atom. The Morgan fingerprint density at radius 3 is 2.32 bits per heavy atom. The van der Waals surface area contributed by atoms with Gasteiger partial charge in [0.15, 0.2) is 0 Å². The van der Waals surface area contributed by atoms with E-state index in [0.717, 1.165) is 35.8 Å². The molecule has 4 heteroatoms. The molecule has 0 bridgehead atoms. The molecule has 4 rings (SSSR count). The van der Waals surface area contributed by atoms with Crippen molar-refractivity contribution in [2.75, 3.05) is 13.1 Å². The fourth-order valence-corrected chi connectivity index (χ4v) is 4.12. The van der Waals surface area contributed by atoms with Crippen molar-refractivity contribution < 1.29 is 4.39 Å². The minimum absolute atomic E-state index is 0.0691. The van der Waals surface area contributed by atoms with Gasteiger partial charge in [-0.3, -0.25) is 9.80 Å². The largest absolute Gasteiger partial charge is 0.279 e. The molecule has 0 aromatic heterocycles. The Balaban J connectivity index is 1.62. The second-order valence-corrected chi connectivity index (χ2v) is 7.88. The van der Waals surface area contributed by atoms with Gasteiger partial charge in [0.2, 0.25) is 0 Å². The van der Waals surface area contributed by atoms with Crippen LogP contribution in [0.5, 0.6) is 0 Å². The zero-order valence-electron chi connectivity index (χ0n) is 16.0. The number of nitrogens with zero attached hydrogens (tertiary/aromatic N) is 2. The summed E-state index contributed by atoms with van der Waals surface area (Å²) in [6.45, 7) is 5.35. The van der Waals surface area contributed by atoms with Crippen LogP contribution in [-0.2, 0) is 13.1 Å². The lowest BCUT2D eigenvalue weighted by molar-refractivity contribution is 0.125. The third kappa shape index (κ3) is 4.27. The van der Waals surface area contributed by atoms with E-state index in [0.29, 0.717) is 6.54 Å². The predicted molar refractivity (Wildman–Crippen MR) is 113 cm³/mol. The van der Waals surface area contributed by atoms with Crippen LogP contribution in [0.4, 0.5) is 4.39 Å². The van der Waals surface area contributed by atoms with Gasteiger partial charge in [0.25, 0.3) is 0 Å². The first-order valence-corrected chi connectivity index (χ1v) is 10.0. The average Bonchev–Trinajstić information content (AvgIpc) is 3.07. The molecular formula is C24H24ClFN2. The van der Waals surface area contributed by atoms with Crippen molar-refractivity contribution in [1.29, 1.82) is 0 Å². The molecule has 1 aliphatic heterocycles. The highest BCUT2D eigenvalue weighted by atomic mass is 35.5. The highest BCUT2D eigenvalue weighted by Crippen LogP contribution is 2.34. The van der Waals surface area contributed by atoms with Crippen LogP contribution >= 0.6 is 11.6 Å². The number of rotatable bonds is 5. The van der Waals surface area contributed by atoms with E-state index >= 15 is 0 Å². The Hall–Kier alpha value is -2.20. The highest BCUT2D eigenvalue weighted by Gasteiger charge is 2.33. The monoisotopic (exact) mass is 394 g/mol. The second kappa shape index (κ2) is 8.44. The van der Waals surface area contributed by atoms with Crippen molar-refractivity contribution in [2.45, 2.75) is 26.2 Å². The van der Waals surface area contributed by atoms with E-state index in [9.17, 15) is 4.39 Å². The van der Waals surface area contributed by atoms with Crippen LogP contribution in [0.25, 0.3) is 0 Å². The molecule has 1 heterocycles. The fourth-order valence-electron chi connectivity index (χ4n) is 3.93. The summed E-state index contributed by atoms with van der Waals surface area (Å²) in [4.78, 5) is 4.77. The second-order valence-electron chi connectivity index (χ2n) is 7.45. The molecule has 0 saturated carbocycles. The van der Waals surface area contributed by atoms with Gasteiger partial charge in [-0.15, -0.1) is 0 Å². The summed E-state index contributed by atoms with van der Waals surface area (Å²) in [6, 6.07) is 23.7. The van der Waals surface area contributed by atoms with Crippen LogP contribution in [0.3, 0.4) is 0 Å². The van der Waals surface area contributed by atoms with Crippen molar-refractivity contribution in [2.24, 2.45) is 0 Å². The predicted octanol–water partition coefficient (Wildman–Crippen LogP) is 5.80.